The van der Waals surface area contributed by atoms with Gasteiger partial charge in [0.2, 0.25) is 0 Å². The minimum Gasteiger partial charge on any atom is -0.512 e. The molecule has 0 aliphatic rings. The SMILES string of the molecule is CC(C)C(=O)/C=C(\O)C(C)C.Cc1[c-]c(-c2nccc3cc(C(C)(C)C)ccc23)c2oc3ccccc3c2c1.[Ir]. The predicted octanol–water partition coefficient (Wildman–Crippen LogP) is 9.51. The Hall–Kier alpha value is -3.27. The number of fused-ring (bicyclic) bond motifs is 4. The number of ketones is 1. The Morgan fingerprint density at radius 1 is 0.950 bits per heavy atom. The van der Waals surface area contributed by atoms with Crippen LogP contribution >= 0.6 is 0 Å². The Bertz CT molecular complexity index is 1690. The maximum absolute atomic E-state index is 11.0. The number of aromatic nitrogens is 1. The van der Waals surface area contributed by atoms with E-state index in [1.54, 1.807) is 0 Å². The number of pyridine rings is 1. The third-order valence-corrected chi connectivity index (χ3v) is 6.86. The van der Waals surface area contributed by atoms with Crippen LogP contribution in [0.3, 0.4) is 0 Å². The molecule has 0 fully saturated rings. The van der Waals surface area contributed by atoms with E-state index in [9.17, 15) is 9.90 Å². The van der Waals surface area contributed by atoms with Crippen LogP contribution in [0.25, 0.3) is 44.0 Å². The van der Waals surface area contributed by atoms with Crippen molar-refractivity contribution in [3.8, 4) is 11.3 Å². The molecule has 3 aromatic carbocycles. The maximum atomic E-state index is 11.0. The number of allylic oxidation sites excluding steroid dienone is 2. The van der Waals surface area contributed by atoms with Crippen molar-refractivity contribution in [2.75, 3.05) is 0 Å². The van der Waals surface area contributed by atoms with E-state index in [-0.39, 0.29) is 48.9 Å². The van der Waals surface area contributed by atoms with Gasteiger partial charge in [0, 0.05) is 49.6 Å². The summed E-state index contributed by atoms with van der Waals surface area (Å²) in [4.78, 5) is 15.8. The number of rotatable bonds is 4. The molecule has 5 rings (SSSR count). The molecule has 0 aliphatic heterocycles. The minimum absolute atomic E-state index is 0. The Morgan fingerprint density at radius 2 is 1.65 bits per heavy atom. The van der Waals surface area contributed by atoms with Gasteiger partial charge < -0.3 is 14.5 Å². The van der Waals surface area contributed by atoms with E-state index in [1.165, 1.54) is 17.0 Å². The molecule has 0 amide bonds. The monoisotopic (exact) mass is 713 g/mol. The summed E-state index contributed by atoms with van der Waals surface area (Å²) in [6.07, 6.45) is 3.20. The molecule has 0 bridgehead atoms. The summed E-state index contributed by atoms with van der Waals surface area (Å²) in [5, 5.41) is 13.7. The zero-order chi connectivity index (χ0) is 28.5. The molecule has 0 saturated carbocycles. The molecule has 211 valence electrons. The number of benzene rings is 3. The van der Waals surface area contributed by atoms with Gasteiger partial charge >= 0.3 is 0 Å². The van der Waals surface area contributed by atoms with Crippen LogP contribution in [0.4, 0.5) is 0 Å². The summed E-state index contributed by atoms with van der Waals surface area (Å²) in [6.45, 7) is 16.1. The first-order valence-corrected chi connectivity index (χ1v) is 13.5. The molecule has 2 aromatic heterocycles. The van der Waals surface area contributed by atoms with Gasteiger partial charge in [0.25, 0.3) is 0 Å². The van der Waals surface area contributed by atoms with Crippen molar-refractivity contribution in [2.45, 2.75) is 60.8 Å². The van der Waals surface area contributed by atoms with Gasteiger partial charge in [0.15, 0.2) is 5.78 Å². The Morgan fingerprint density at radius 3 is 2.30 bits per heavy atom. The van der Waals surface area contributed by atoms with Crippen molar-refractivity contribution in [2.24, 2.45) is 11.8 Å². The van der Waals surface area contributed by atoms with E-state index < -0.39 is 0 Å². The molecule has 1 N–H and O–H groups in total. The first-order valence-electron chi connectivity index (χ1n) is 13.5. The topological polar surface area (TPSA) is 63.3 Å². The van der Waals surface area contributed by atoms with Gasteiger partial charge in [0.1, 0.15) is 5.58 Å². The number of aliphatic hydroxyl groups is 1. The number of furan rings is 1. The van der Waals surface area contributed by atoms with Crippen LogP contribution in [0.15, 0.2) is 77.0 Å². The molecule has 0 aliphatic carbocycles. The fraction of sp³-hybridized carbons (Fsp3) is 0.314. The molecule has 4 nitrogen and oxygen atoms in total. The van der Waals surface area contributed by atoms with Gasteiger partial charge in [0.05, 0.1) is 11.3 Å². The Labute approximate surface area is 250 Å². The van der Waals surface area contributed by atoms with E-state index in [2.05, 4.69) is 70.2 Å². The number of hydrogen-bond acceptors (Lipinski definition) is 4. The van der Waals surface area contributed by atoms with E-state index in [0.717, 1.165) is 44.1 Å². The quantitative estimate of drug-likeness (QED) is 0.115. The number of aryl methyl sites for hydroxylation is 1. The third-order valence-electron chi connectivity index (χ3n) is 6.86. The fourth-order valence-electron chi connectivity index (χ4n) is 4.39. The molecular formula is C35H38IrNO3-. The molecule has 5 aromatic rings. The number of aliphatic hydroxyl groups excluding tert-OH is 1. The standard InChI is InChI=1S/C26H22NO.C9H16O2.Ir/c1-16-13-21-20-7-5-6-8-23(20)28-25(21)22(14-16)24-19-10-9-18(26(2,3)4)15-17(19)11-12-27-24;1-6(2)8(10)5-9(11)7(3)4;/h5-13,15H,1-4H3;5-7,10H,1-4H3;/q-1;;/b;8-5-;. The van der Waals surface area contributed by atoms with Crippen molar-refractivity contribution in [1.82, 2.24) is 4.98 Å². The smallest absolute Gasteiger partial charge is 0.161 e. The number of carbonyl (C=O) groups is 1. The predicted molar refractivity (Wildman–Crippen MR) is 162 cm³/mol. The van der Waals surface area contributed by atoms with Crippen molar-refractivity contribution < 1.29 is 34.4 Å². The van der Waals surface area contributed by atoms with Gasteiger partial charge in [-0.15, -0.1) is 17.7 Å². The summed E-state index contributed by atoms with van der Waals surface area (Å²) in [5.41, 5.74) is 6.11. The molecule has 0 saturated heterocycles. The van der Waals surface area contributed by atoms with Crippen molar-refractivity contribution in [3.63, 3.8) is 0 Å². The first kappa shape index (κ1) is 31.3. The van der Waals surface area contributed by atoms with Gasteiger partial charge in [-0.2, -0.15) is 0 Å². The minimum atomic E-state index is -0.0316. The van der Waals surface area contributed by atoms with Crippen LogP contribution < -0.4 is 0 Å². The number of para-hydroxylation sites is 1. The molecular weight excluding hydrogens is 675 g/mol. The molecule has 0 spiro atoms. The third kappa shape index (κ3) is 6.71. The van der Waals surface area contributed by atoms with Crippen LogP contribution in [0.2, 0.25) is 0 Å². The second-order valence-electron chi connectivity index (χ2n) is 11.8. The summed E-state index contributed by atoms with van der Waals surface area (Å²) >= 11 is 0. The van der Waals surface area contributed by atoms with E-state index in [1.807, 2.05) is 52.1 Å². The molecule has 5 heteroatoms. The summed E-state index contributed by atoms with van der Waals surface area (Å²) in [5.74, 6) is 0.161. The second-order valence-corrected chi connectivity index (χ2v) is 11.8. The van der Waals surface area contributed by atoms with Crippen LogP contribution in [-0.2, 0) is 30.3 Å². The fourth-order valence-corrected chi connectivity index (χ4v) is 4.39. The summed E-state index contributed by atoms with van der Waals surface area (Å²) in [6, 6.07) is 22.6. The van der Waals surface area contributed by atoms with Crippen LogP contribution in [0.5, 0.6) is 0 Å². The Kier molecular flexibility index (Phi) is 9.76. The number of nitrogens with zero attached hydrogens (tertiary/aromatic N) is 1. The average Bonchev–Trinajstić information content (AvgIpc) is 3.25. The largest absolute Gasteiger partial charge is 0.512 e. The van der Waals surface area contributed by atoms with E-state index >= 15 is 0 Å². The molecule has 0 atom stereocenters. The van der Waals surface area contributed by atoms with Gasteiger partial charge in [-0.25, -0.2) is 0 Å². The second kappa shape index (κ2) is 12.5. The van der Waals surface area contributed by atoms with Crippen molar-refractivity contribution in [1.29, 1.82) is 0 Å². The Balaban J connectivity index is 0.000000316. The molecule has 1 radical (unpaired) electrons. The normalized spacial score (nSPS) is 12.1. The zero-order valence-electron chi connectivity index (χ0n) is 24.5. The van der Waals surface area contributed by atoms with Crippen LogP contribution in [0, 0.1) is 24.8 Å². The zero-order valence-corrected chi connectivity index (χ0v) is 26.9. The molecule has 40 heavy (non-hydrogen) atoms. The van der Waals surface area contributed by atoms with E-state index in [4.69, 9.17) is 9.40 Å². The molecule has 0 unspecified atom stereocenters. The number of carbonyl (C=O) groups excluding carboxylic acids is 1. The first-order chi connectivity index (χ1) is 18.4. The van der Waals surface area contributed by atoms with Crippen molar-refractivity contribution in [3.05, 3.63) is 89.8 Å². The van der Waals surface area contributed by atoms with E-state index in [0.29, 0.717) is 0 Å². The van der Waals surface area contributed by atoms with Gasteiger partial charge in [-0.1, -0.05) is 103 Å². The van der Waals surface area contributed by atoms with Crippen LogP contribution in [-0.4, -0.2) is 15.9 Å². The van der Waals surface area contributed by atoms with Crippen LogP contribution in [0.1, 0.15) is 59.6 Å². The maximum Gasteiger partial charge on any atom is 0.161 e. The average molecular weight is 713 g/mol. The summed E-state index contributed by atoms with van der Waals surface area (Å²) < 4.78 is 6.25. The van der Waals surface area contributed by atoms with Gasteiger partial charge in [-0.05, 0) is 39.6 Å². The summed E-state index contributed by atoms with van der Waals surface area (Å²) in [7, 11) is 0. The van der Waals surface area contributed by atoms with Crippen molar-refractivity contribution >= 4 is 38.5 Å². The molecule has 2 heterocycles. The van der Waals surface area contributed by atoms with Gasteiger partial charge in [-0.3, -0.25) is 4.79 Å². The number of hydrogen-bond donors (Lipinski definition) is 1.